The second kappa shape index (κ2) is 6.08. The number of benzene rings is 1. The molecule has 118 valence electrons. The molecule has 0 bridgehead atoms. The van der Waals surface area contributed by atoms with Crippen molar-refractivity contribution in [2.45, 2.75) is 37.6 Å². The maximum Gasteiger partial charge on any atom is 0.329 e. The van der Waals surface area contributed by atoms with Crippen molar-refractivity contribution in [1.29, 1.82) is 0 Å². The molecule has 0 atom stereocenters. The summed E-state index contributed by atoms with van der Waals surface area (Å²) in [5, 5.41) is 12.2. The average molecular weight is 303 g/mol. The molecule has 5 nitrogen and oxygen atoms in total. The highest BCUT2D eigenvalue weighted by atomic mass is 16.5. The number of ether oxygens (including phenoxy) is 1. The predicted molar refractivity (Wildman–Crippen MR) is 80.5 cm³/mol. The zero-order valence-corrected chi connectivity index (χ0v) is 12.5. The van der Waals surface area contributed by atoms with Crippen molar-refractivity contribution in [3.05, 3.63) is 35.4 Å². The quantitative estimate of drug-likeness (QED) is 0.885. The van der Waals surface area contributed by atoms with Gasteiger partial charge in [0.1, 0.15) is 5.54 Å². The molecule has 1 fully saturated rings. The van der Waals surface area contributed by atoms with E-state index in [9.17, 15) is 14.7 Å². The van der Waals surface area contributed by atoms with Crippen molar-refractivity contribution in [2.24, 2.45) is 5.92 Å². The molecule has 1 aromatic rings. The van der Waals surface area contributed by atoms with Crippen molar-refractivity contribution < 1.29 is 19.4 Å². The van der Waals surface area contributed by atoms with Gasteiger partial charge in [-0.1, -0.05) is 24.3 Å². The van der Waals surface area contributed by atoms with E-state index < -0.39 is 11.5 Å². The monoisotopic (exact) mass is 303 g/mol. The van der Waals surface area contributed by atoms with Gasteiger partial charge in [0.15, 0.2) is 0 Å². The first-order valence-corrected chi connectivity index (χ1v) is 7.78. The van der Waals surface area contributed by atoms with E-state index in [2.05, 4.69) is 17.4 Å². The first-order valence-electron chi connectivity index (χ1n) is 7.78. The lowest BCUT2D eigenvalue weighted by molar-refractivity contribution is -0.152. The van der Waals surface area contributed by atoms with Crippen LogP contribution in [-0.2, 0) is 27.2 Å². The van der Waals surface area contributed by atoms with Crippen LogP contribution in [0.2, 0.25) is 0 Å². The Morgan fingerprint density at radius 1 is 1.18 bits per heavy atom. The highest BCUT2D eigenvalue weighted by Crippen LogP contribution is 2.29. The second-order valence-corrected chi connectivity index (χ2v) is 6.29. The smallest absolute Gasteiger partial charge is 0.329 e. The molecule has 1 aliphatic heterocycles. The molecule has 1 saturated heterocycles. The molecule has 1 aliphatic carbocycles. The summed E-state index contributed by atoms with van der Waals surface area (Å²) >= 11 is 0. The summed E-state index contributed by atoms with van der Waals surface area (Å²) in [6, 6.07) is 8.24. The number of hydrogen-bond acceptors (Lipinski definition) is 3. The standard InChI is InChI=1S/C17H21NO4/c19-15(18-17(16(20)21)5-7-22-8-6-17)11-12-9-13-3-1-2-4-14(13)10-12/h1-4,12H,5-11H2,(H,18,19)(H,20,21). The topological polar surface area (TPSA) is 75.6 Å². The number of carbonyl (C=O) groups is 2. The number of aliphatic carboxylic acids is 1. The van der Waals surface area contributed by atoms with Crippen LogP contribution in [-0.4, -0.2) is 35.7 Å². The van der Waals surface area contributed by atoms with Crippen LogP contribution in [0.3, 0.4) is 0 Å². The van der Waals surface area contributed by atoms with Gasteiger partial charge in [-0.05, 0) is 29.9 Å². The van der Waals surface area contributed by atoms with Crippen LogP contribution >= 0.6 is 0 Å². The first-order chi connectivity index (χ1) is 10.6. The summed E-state index contributed by atoms with van der Waals surface area (Å²) in [5.41, 5.74) is 1.46. The molecule has 1 amide bonds. The lowest BCUT2D eigenvalue weighted by Crippen LogP contribution is -2.57. The Bertz CT molecular complexity index is 553. The number of nitrogens with one attached hydrogen (secondary N) is 1. The predicted octanol–water partition coefficient (Wildman–Crippen LogP) is 1.54. The molecule has 1 aromatic carbocycles. The van der Waals surface area contributed by atoms with Gasteiger partial charge in [0.25, 0.3) is 0 Å². The SMILES string of the molecule is O=C(CC1Cc2ccccc2C1)NC1(C(=O)O)CCOCC1. The van der Waals surface area contributed by atoms with Crippen molar-refractivity contribution in [1.82, 2.24) is 5.32 Å². The van der Waals surface area contributed by atoms with Crippen LogP contribution in [0.15, 0.2) is 24.3 Å². The molecular weight excluding hydrogens is 282 g/mol. The minimum Gasteiger partial charge on any atom is -0.480 e. The zero-order valence-electron chi connectivity index (χ0n) is 12.5. The molecule has 0 saturated carbocycles. The lowest BCUT2D eigenvalue weighted by Gasteiger charge is -2.34. The van der Waals surface area contributed by atoms with E-state index in [0.717, 1.165) is 12.8 Å². The Hall–Kier alpha value is -1.88. The lowest BCUT2D eigenvalue weighted by atomic mass is 9.89. The first kappa shape index (κ1) is 15.0. The highest BCUT2D eigenvalue weighted by Gasteiger charge is 2.41. The molecule has 2 N–H and O–H groups in total. The van der Waals surface area contributed by atoms with Gasteiger partial charge in [-0.25, -0.2) is 4.79 Å². The van der Waals surface area contributed by atoms with Crippen LogP contribution in [0.4, 0.5) is 0 Å². The summed E-state index contributed by atoms with van der Waals surface area (Å²) in [5.74, 6) is -0.857. The van der Waals surface area contributed by atoms with Crippen molar-refractivity contribution in [2.75, 3.05) is 13.2 Å². The fourth-order valence-corrected chi connectivity index (χ4v) is 3.49. The van der Waals surface area contributed by atoms with E-state index in [0.29, 0.717) is 32.5 Å². The number of rotatable bonds is 4. The minimum atomic E-state index is -1.15. The number of fused-ring (bicyclic) bond motifs is 1. The maximum atomic E-state index is 12.3. The van der Waals surface area contributed by atoms with Crippen LogP contribution in [0.25, 0.3) is 0 Å². The van der Waals surface area contributed by atoms with E-state index in [1.165, 1.54) is 11.1 Å². The van der Waals surface area contributed by atoms with Crippen LogP contribution in [0, 0.1) is 5.92 Å². The molecule has 2 aliphatic rings. The van der Waals surface area contributed by atoms with Gasteiger partial charge in [0.05, 0.1) is 0 Å². The summed E-state index contributed by atoms with van der Waals surface area (Å²) in [6.07, 6.45) is 2.84. The van der Waals surface area contributed by atoms with Gasteiger partial charge in [-0.2, -0.15) is 0 Å². The Balaban J connectivity index is 1.60. The van der Waals surface area contributed by atoms with E-state index in [1.807, 2.05) is 12.1 Å². The third kappa shape index (κ3) is 2.99. The van der Waals surface area contributed by atoms with Gasteiger partial charge in [0, 0.05) is 32.5 Å². The molecule has 22 heavy (non-hydrogen) atoms. The molecule has 0 aromatic heterocycles. The van der Waals surface area contributed by atoms with Crippen molar-refractivity contribution >= 4 is 11.9 Å². The van der Waals surface area contributed by atoms with Gasteiger partial charge in [-0.3, -0.25) is 4.79 Å². The maximum absolute atomic E-state index is 12.3. The minimum absolute atomic E-state index is 0.165. The van der Waals surface area contributed by atoms with Crippen LogP contribution in [0.5, 0.6) is 0 Å². The fourth-order valence-electron chi connectivity index (χ4n) is 3.49. The average Bonchev–Trinajstić information content (AvgIpc) is 2.89. The molecule has 1 heterocycles. The van der Waals surface area contributed by atoms with E-state index in [1.54, 1.807) is 0 Å². The molecular formula is C17H21NO4. The van der Waals surface area contributed by atoms with E-state index >= 15 is 0 Å². The number of amides is 1. The molecule has 0 unspecified atom stereocenters. The third-order valence-corrected chi connectivity index (χ3v) is 4.74. The molecule has 0 spiro atoms. The van der Waals surface area contributed by atoms with Crippen molar-refractivity contribution in [3.8, 4) is 0 Å². The van der Waals surface area contributed by atoms with Gasteiger partial charge < -0.3 is 15.2 Å². The second-order valence-electron chi connectivity index (χ2n) is 6.29. The Morgan fingerprint density at radius 3 is 2.32 bits per heavy atom. The molecule has 3 rings (SSSR count). The Labute approximate surface area is 129 Å². The normalized spacial score (nSPS) is 20.4. The van der Waals surface area contributed by atoms with Crippen LogP contribution < -0.4 is 5.32 Å². The van der Waals surface area contributed by atoms with Gasteiger partial charge in [0.2, 0.25) is 5.91 Å². The van der Waals surface area contributed by atoms with Crippen LogP contribution in [0.1, 0.15) is 30.4 Å². The number of hydrogen-bond donors (Lipinski definition) is 2. The largest absolute Gasteiger partial charge is 0.480 e. The molecule has 0 radical (unpaired) electrons. The van der Waals surface area contributed by atoms with Crippen molar-refractivity contribution in [3.63, 3.8) is 0 Å². The fraction of sp³-hybridized carbons (Fsp3) is 0.529. The summed E-state index contributed by atoms with van der Waals surface area (Å²) in [7, 11) is 0. The number of carboxylic acid groups (broad SMARTS) is 1. The Kier molecular flexibility index (Phi) is 4.16. The summed E-state index contributed by atoms with van der Waals surface area (Å²) in [6.45, 7) is 0.753. The number of carboxylic acids is 1. The molecule has 5 heteroatoms. The van der Waals surface area contributed by atoms with Gasteiger partial charge in [-0.15, -0.1) is 0 Å². The van der Waals surface area contributed by atoms with E-state index in [4.69, 9.17) is 4.74 Å². The summed E-state index contributed by atoms with van der Waals surface area (Å²) in [4.78, 5) is 23.9. The third-order valence-electron chi connectivity index (χ3n) is 4.74. The van der Waals surface area contributed by atoms with E-state index in [-0.39, 0.29) is 11.8 Å². The van der Waals surface area contributed by atoms with Gasteiger partial charge >= 0.3 is 5.97 Å². The highest BCUT2D eigenvalue weighted by molar-refractivity contribution is 5.87. The zero-order chi connectivity index (χ0) is 15.6. The summed E-state index contributed by atoms with van der Waals surface area (Å²) < 4.78 is 5.22. The number of carbonyl (C=O) groups excluding carboxylic acids is 1. The Morgan fingerprint density at radius 2 is 1.77 bits per heavy atom.